The Bertz CT molecular complexity index is 1080. The Morgan fingerprint density at radius 2 is 1.42 bits per heavy atom. The number of anilines is 1. The van der Waals surface area contributed by atoms with Gasteiger partial charge in [-0.25, -0.2) is 4.98 Å². The first-order chi connectivity index (χ1) is 15.0. The summed E-state index contributed by atoms with van der Waals surface area (Å²) in [4.78, 5) is 32.3. The van der Waals surface area contributed by atoms with Crippen LogP contribution < -0.4 is 15.4 Å². The fraction of sp³-hybridized carbons (Fsp3) is 0.174. The number of nitrogens with zero attached hydrogens (tertiary/aromatic N) is 3. The van der Waals surface area contributed by atoms with E-state index in [4.69, 9.17) is 22.1 Å². The van der Waals surface area contributed by atoms with Crippen molar-refractivity contribution < 1.29 is 14.3 Å². The number of ether oxygens (including phenoxy) is 1. The minimum atomic E-state index is -0.487. The highest BCUT2D eigenvalue weighted by atomic mass is 35.5. The van der Waals surface area contributed by atoms with E-state index in [0.717, 1.165) is 5.82 Å². The van der Waals surface area contributed by atoms with Gasteiger partial charge in [0, 0.05) is 37.3 Å². The maximum atomic E-state index is 12.9. The Hall–Kier alpha value is -3.58. The third-order valence-corrected chi connectivity index (χ3v) is 5.28. The van der Waals surface area contributed by atoms with Crippen molar-refractivity contribution in [3.8, 4) is 11.5 Å². The molecule has 0 radical (unpaired) electrons. The Labute approximate surface area is 185 Å². The van der Waals surface area contributed by atoms with E-state index in [9.17, 15) is 9.59 Å². The van der Waals surface area contributed by atoms with Crippen LogP contribution in [0, 0.1) is 0 Å². The molecule has 3 aromatic rings. The number of carbonyl (C=O) groups excluding carboxylic acids is 2. The summed E-state index contributed by atoms with van der Waals surface area (Å²) in [6.45, 7) is 2.61. The van der Waals surface area contributed by atoms with Crippen LogP contribution in [0.4, 0.5) is 5.82 Å². The van der Waals surface area contributed by atoms with E-state index >= 15 is 0 Å². The van der Waals surface area contributed by atoms with Gasteiger partial charge in [0.2, 0.25) is 5.91 Å². The number of piperazine rings is 1. The van der Waals surface area contributed by atoms with Crippen molar-refractivity contribution >= 4 is 29.2 Å². The number of aromatic nitrogens is 1. The van der Waals surface area contributed by atoms with Gasteiger partial charge in [-0.2, -0.15) is 0 Å². The predicted molar refractivity (Wildman–Crippen MR) is 119 cm³/mol. The molecule has 2 aromatic carbocycles. The average Bonchev–Trinajstić information content (AvgIpc) is 2.80. The van der Waals surface area contributed by atoms with Crippen molar-refractivity contribution in [2.24, 2.45) is 5.73 Å². The standard InChI is InChI=1S/C23H21ClN4O3/c24-20-2-1-3-21(26-20)27-12-14-28(15-13-27)23(30)17-6-10-19(11-7-17)31-18-8-4-16(5-9-18)22(25)29/h1-11H,12-15H2,(H2,25,29). The molecule has 1 aliphatic heterocycles. The number of amides is 2. The molecular formula is C23H21ClN4O3. The van der Waals surface area contributed by atoms with Crippen LogP contribution in [0.15, 0.2) is 66.7 Å². The van der Waals surface area contributed by atoms with Gasteiger partial charge in [0.25, 0.3) is 5.91 Å². The fourth-order valence-corrected chi connectivity index (χ4v) is 3.54. The summed E-state index contributed by atoms with van der Waals surface area (Å²) in [7, 11) is 0. The minimum absolute atomic E-state index is 0.0175. The quantitative estimate of drug-likeness (QED) is 0.617. The zero-order valence-corrected chi connectivity index (χ0v) is 17.5. The SMILES string of the molecule is NC(=O)c1ccc(Oc2ccc(C(=O)N3CCN(c4cccc(Cl)n4)CC3)cc2)cc1. The first-order valence-corrected chi connectivity index (χ1v) is 10.2. The largest absolute Gasteiger partial charge is 0.457 e. The van der Waals surface area contributed by atoms with E-state index in [2.05, 4.69) is 9.88 Å². The molecule has 0 spiro atoms. The van der Waals surface area contributed by atoms with Gasteiger partial charge in [0.1, 0.15) is 22.5 Å². The Balaban J connectivity index is 1.34. The molecule has 0 aliphatic carbocycles. The minimum Gasteiger partial charge on any atom is -0.457 e. The lowest BCUT2D eigenvalue weighted by Crippen LogP contribution is -2.49. The Kier molecular flexibility index (Phi) is 6.04. The Morgan fingerprint density at radius 1 is 0.839 bits per heavy atom. The highest BCUT2D eigenvalue weighted by molar-refractivity contribution is 6.29. The number of pyridine rings is 1. The summed E-state index contributed by atoms with van der Waals surface area (Å²) in [5, 5.41) is 0.460. The molecule has 158 valence electrons. The number of halogens is 1. The van der Waals surface area contributed by atoms with Crippen molar-refractivity contribution in [3.63, 3.8) is 0 Å². The number of nitrogens with two attached hydrogens (primary N) is 1. The smallest absolute Gasteiger partial charge is 0.253 e. The molecule has 1 aromatic heterocycles. The lowest BCUT2D eigenvalue weighted by molar-refractivity contribution is 0.0746. The van der Waals surface area contributed by atoms with Crippen LogP contribution in [0.2, 0.25) is 5.15 Å². The van der Waals surface area contributed by atoms with Gasteiger partial charge in [-0.1, -0.05) is 17.7 Å². The normalized spacial score (nSPS) is 13.7. The number of rotatable bonds is 5. The van der Waals surface area contributed by atoms with Crippen molar-refractivity contribution in [3.05, 3.63) is 83.0 Å². The number of hydrogen-bond acceptors (Lipinski definition) is 5. The first-order valence-electron chi connectivity index (χ1n) is 9.84. The number of carbonyl (C=O) groups is 2. The topological polar surface area (TPSA) is 88.8 Å². The highest BCUT2D eigenvalue weighted by Crippen LogP contribution is 2.23. The monoisotopic (exact) mass is 436 g/mol. The molecule has 2 amide bonds. The molecular weight excluding hydrogens is 416 g/mol. The highest BCUT2D eigenvalue weighted by Gasteiger charge is 2.23. The number of primary amides is 1. The second-order valence-corrected chi connectivity index (χ2v) is 7.50. The van der Waals surface area contributed by atoms with E-state index < -0.39 is 5.91 Å². The van der Waals surface area contributed by atoms with E-state index in [0.29, 0.717) is 54.0 Å². The van der Waals surface area contributed by atoms with Crippen molar-refractivity contribution in [2.75, 3.05) is 31.1 Å². The van der Waals surface area contributed by atoms with Gasteiger partial charge in [-0.05, 0) is 60.7 Å². The van der Waals surface area contributed by atoms with Crippen LogP contribution in [-0.2, 0) is 0 Å². The van der Waals surface area contributed by atoms with Gasteiger partial charge in [0.15, 0.2) is 0 Å². The number of benzene rings is 2. The summed E-state index contributed by atoms with van der Waals surface area (Å²) in [5.41, 5.74) is 6.26. The third kappa shape index (κ3) is 4.95. The second-order valence-electron chi connectivity index (χ2n) is 7.11. The van der Waals surface area contributed by atoms with E-state index in [1.807, 2.05) is 17.0 Å². The van der Waals surface area contributed by atoms with Gasteiger partial charge < -0.3 is 20.3 Å². The van der Waals surface area contributed by atoms with Gasteiger partial charge in [0.05, 0.1) is 0 Å². The van der Waals surface area contributed by atoms with Crippen LogP contribution >= 0.6 is 11.6 Å². The van der Waals surface area contributed by atoms with Gasteiger partial charge >= 0.3 is 0 Å². The Morgan fingerprint density at radius 3 is 1.97 bits per heavy atom. The molecule has 7 nitrogen and oxygen atoms in total. The van der Waals surface area contributed by atoms with Crippen LogP contribution in [0.5, 0.6) is 11.5 Å². The zero-order valence-electron chi connectivity index (χ0n) is 16.7. The van der Waals surface area contributed by atoms with Crippen molar-refractivity contribution in [2.45, 2.75) is 0 Å². The lowest BCUT2D eigenvalue weighted by atomic mass is 10.1. The first kappa shape index (κ1) is 20.7. The molecule has 0 bridgehead atoms. The van der Waals surface area contributed by atoms with E-state index in [1.165, 1.54) is 0 Å². The van der Waals surface area contributed by atoms with E-state index in [-0.39, 0.29) is 5.91 Å². The van der Waals surface area contributed by atoms with Crippen molar-refractivity contribution in [1.82, 2.24) is 9.88 Å². The molecule has 2 heterocycles. The molecule has 0 saturated carbocycles. The van der Waals surface area contributed by atoms with Crippen LogP contribution in [0.25, 0.3) is 0 Å². The molecule has 8 heteroatoms. The maximum absolute atomic E-state index is 12.9. The van der Waals surface area contributed by atoms with Gasteiger partial charge in [-0.3, -0.25) is 9.59 Å². The molecule has 31 heavy (non-hydrogen) atoms. The zero-order chi connectivity index (χ0) is 21.8. The molecule has 2 N–H and O–H groups in total. The van der Waals surface area contributed by atoms with Crippen LogP contribution in [0.3, 0.4) is 0 Å². The summed E-state index contributed by atoms with van der Waals surface area (Å²) >= 11 is 5.98. The van der Waals surface area contributed by atoms with Crippen LogP contribution in [-0.4, -0.2) is 47.9 Å². The molecule has 0 atom stereocenters. The fourth-order valence-electron chi connectivity index (χ4n) is 3.38. The summed E-state index contributed by atoms with van der Waals surface area (Å²) in [6.07, 6.45) is 0. The molecule has 0 unspecified atom stereocenters. The average molecular weight is 437 g/mol. The van der Waals surface area contributed by atoms with E-state index in [1.54, 1.807) is 54.6 Å². The predicted octanol–water partition coefficient (Wildman–Crippen LogP) is 3.59. The summed E-state index contributed by atoms with van der Waals surface area (Å²) < 4.78 is 5.76. The maximum Gasteiger partial charge on any atom is 0.253 e. The molecule has 1 fully saturated rings. The van der Waals surface area contributed by atoms with Crippen molar-refractivity contribution in [1.29, 1.82) is 0 Å². The second kappa shape index (κ2) is 9.06. The number of hydrogen-bond donors (Lipinski definition) is 1. The molecule has 4 rings (SSSR count). The third-order valence-electron chi connectivity index (χ3n) is 5.07. The molecule has 1 aliphatic rings. The lowest BCUT2D eigenvalue weighted by Gasteiger charge is -2.35. The molecule has 1 saturated heterocycles. The summed E-state index contributed by atoms with van der Waals surface area (Å²) in [6, 6.07) is 19.1. The van der Waals surface area contributed by atoms with Crippen LogP contribution in [0.1, 0.15) is 20.7 Å². The summed E-state index contributed by atoms with van der Waals surface area (Å²) in [5.74, 6) is 1.50. The van der Waals surface area contributed by atoms with Gasteiger partial charge in [-0.15, -0.1) is 0 Å².